The van der Waals surface area contributed by atoms with Crippen molar-refractivity contribution in [3.8, 4) is 11.5 Å². The van der Waals surface area contributed by atoms with Gasteiger partial charge in [0.2, 0.25) is 0 Å². The van der Waals surface area contributed by atoms with E-state index in [1.807, 2.05) is 0 Å². The highest BCUT2D eigenvalue weighted by molar-refractivity contribution is 8.18. The van der Waals surface area contributed by atoms with Crippen LogP contribution in [-0.2, 0) is 11.3 Å². The quantitative estimate of drug-likeness (QED) is 0.186. The van der Waals surface area contributed by atoms with E-state index in [0.717, 1.165) is 22.2 Å². The number of hydrogen-bond acceptors (Lipinski definition) is 6. The van der Waals surface area contributed by atoms with Crippen LogP contribution in [-0.4, -0.2) is 29.1 Å². The number of methoxy groups -OCH3 is 1. The number of ether oxygens (including phenoxy) is 2. The highest BCUT2D eigenvalue weighted by atomic mass is 35.5. The Morgan fingerprint density at radius 3 is 2.23 bits per heavy atom. The molecule has 1 saturated heterocycles. The molecule has 10 heteroatoms. The van der Waals surface area contributed by atoms with Gasteiger partial charge in [0, 0.05) is 10.0 Å². The Morgan fingerprint density at radius 2 is 1.60 bits per heavy atom. The molecule has 0 aliphatic carbocycles. The number of amides is 2. The van der Waals surface area contributed by atoms with Crippen LogP contribution < -0.4 is 9.47 Å². The van der Waals surface area contributed by atoms with E-state index >= 15 is 0 Å². The minimum absolute atomic E-state index is 0.0297. The molecule has 0 spiro atoms. The van der Waals surface area contributed by atoms with Crippen molar-refractivity contribution >= 4 is 69.8 Å². The van der Waals surface area contributed by atoms with Gasteiger partial charge in [-0.3, -0.25) is 14.5 Å². The van der Waals surface area contributed by atoms with E-state index in [1.54, 1.807) is 42.5 Å². The molecule has 35 heavy (non-hydrogen) atoms. The smallest absolute Gasteiger partial charge is 0.343 e. The predicted octanol–water partition coefficient (Wildman–Crippen LogP) is 7.11. The van der Waals surface area contributed by atoms with Crippen molar-refractivity contribution in [2.75, 3.05) is 7.11 Å². The van der Waals surface area contributed by atoms with Crippen LogP contribution >= 0.6 is 46.6 Å². The minimum Gasteiger partial charge on any atom is -0.493 e. The highest BCUT2D eigenvalue weighted by Crippen LogP contribution is 2.39. The van der Waals surface area contributed by atoms with Gasteiger partial charge >= 0.3 is 5.97 Å². The third-order valence-corrected chi connectivity index (χ3v) is 6.64. The van der Waals surface area contributed by atoms with E-state index in [0.29, 0.717) is 15.6 Å². The molecular formula is C25H16Cl3NO5S. The summed E-state index contributed by atoms with van der Waals surface area (Å²) >= 11 is 19.0. The summed E-state index contributed by atoms with van der Waals surface area (Å²) in [6.45, 7) is 0.128. The number of nitrogens with zero attached hydrogens (tertiary/aromatic N) is 1. The summed E-state index contributed by atoms with van der Waals surface area (Å²) in [6, 6.07) is 16.2. The first-order valence-electron chi connectivity index (χ1n) is 10.1. The van der Waals surface area contributed by atoms with E-state index in [1.165, 1.54) is 31.4 Å². The van der Waals surface area contributed by atoms with Crippen LogP contribution in [0.5, 0.6) is 11.5 Å². The van der Waals surface area contributed by atoms with Gasteiger partial charge in [-0.15, -0.1) is 0 Å². The Hall–Kier alpha value is -2.97. The molecule has 0 atom stereocenters. The molecule has 3 aromatic carbocycles. The van der Waals surface area contributed by atoms with Crippen LogP contribution in [0.4, 0.5) is 4.79 Å². The molecule has 178 valence electrons. The topological polar surface area (TPSA) is 72.9 Å². The van der Waals surface area contributed by atoms with Crippen molar-refractivity contribution in [2.24, 2.45) is 0 Å². The maximum absolute atomic E-state index is 12.9. The van der Waals surface area contributed by atoms with Gasteiger partial charge in [-0.05, 0) is 77.5 Å². The summed E-state index contributed by atoms with van der Waals surface area (Å²) < 4.78 is 10.8. The Balaban J connectivity index is 1.55. The second kappa shape index (κ2) is 10.7. The number of imide groups is 1. The van der Waals surface area contributed by atoms with Crippen LogP contribution in [0, 0.1) is 0 Å². The molecule has 0 bridgehead atoms. The van der Waals surface area contributed by atoms with Gasteiger partial charge in [-0.1, -0.05) is 46.9 Å². The summed E-state index contributed by atoms with van der Waals surface area (Å²) in [5.74, 6) is -0.852. The summed E-state index contributed by atoms with van der Waals surface area (Å²) in [4.78, 5) is 39.2. The van der Waals surface area contributed by atoms with Crippen molar-refractivity contribution in [3.05, 3.63) is 97.3 Å². The summed E-state index contributed by atoms with van der Waals surface area (Å²) in [6.07, 6.45) is 1.53. The molecule has 0 radical (unpaired) electrons. The van der Waals surface area contributed by atoms with Crippen LogP contribution in [0.15, 0.2) is 65.6 Å². The monoisotopic (exact) mass is 547 g/mol. The summed E-state index contributed by atoms with van der Waals surface area (Å²) in [5, 5.41) is 0.760. The molecule has 1 heterocycles. The number of thioether (sulfide) groups is 1. The molecule has 1 aliphatic heterocycles. The van der Waals surface area contributed by atoms with E-state index in [2.05, 4.69) is 0 Å². The lowest BCUT2D eigenvalue weighted by Gasteiger charge is -2.13. The predicted molar refractivity (Wildman–Crippen MR) is 137 cm³/mol. The Bertz CT molecular complexity index is 1340. The first-order chi connectivity index (χ1) is 16.7. The summed E-state index contributed by atoms with van der Waals surface area (Å²) in [5.41, 5.74) is 1.55. The Labute approximate surface area is 220 Å². The zero-order valence-electron chi connectivity index (χ0n) is 18.1. The molecule has 0 aromatic heterocycles. The zero-order chi connectivity index (χ0) is 25.1. The molecule has 0 saturated carbocycles. The second-order valence-corrected chi connectivity index (χ2v) is 9.60. The normalized spacial score (nSPS) is 14.5. The largest absolute Gasteiger partial charge is 0.493 e. The van der Waals surface area contributed by atoms with E-state index in [9.17, 15) is 14.4 Å². The standard InChI is InChI=1S/C25H16Cl3NO5S/c1-33-20-11-15(10-19(28)22(20)34-24(31)16-4-8-18(27)9-5-16)12-21-23(30)29(25(32)35-21)13-14-2-6-17(26)7-3-14/h2-12H,13H2,1H3/b21-12-. The second-order valence-electron chi connectivity index (χ2n) is 7.32. The van der Waals surface area contributed by atoms with Crippen LogP contribution in [0.3, 0.4) is 0 Å². The number of hydrogen-bond donors (Lipinski definition) is 0. The van der Waals surface area contributed by atoms with Gasteiger partial charge in [0.25, 0.3) is 11.1 Å². The lowest BCUT2D eigenvalue weighted by molar-refractivity contribution is -0.123. The van der Waals surface area contributed by atoms with Gasteiger partial charge in [-0.2, -0.15) is 0 Å². The van der Waals surface area contributed by atoms with E-state index in [-0.39, 0.29) is 38.8 Å². The van der Waals surface area contributed by atoms with Gasteiger partial charge in [0.05, 0.1) is 29.1 Å². The number of carbonyl (C=O) groups is 3. The molecule has 0 unspecified atom stereocenters. The van der Waals surface area contributed by atoms with Crippen molar-refractivity contribution in [3.63, 3.8) is 0 Å². The molecule has 2 amide bonds. The maximum Gasteiger partial charge on any atom is 0.343 e. The van der Waals surface area contributed by atoms with Crippen LogP contribution in [0.25, 0.3) is 6.08 Å². The van der Waals surface area contributed by atoms with Gasteiger partial charge in [0.1, 0.15) is 0 Å². The molecule has 1 fully saturated rings. The number of esters is 1. The number of benzene rings is 3. The van der Waals surface area contributed by atoms with Gasteiger partial charge < -0.3 is 9.47 Å². The van der Waals surface area contributed by atoms with Crippen molar-refractivity contribution < 1.29 is 23.9 Å². The average molecular weight is 549 g/mol. The average Bonchev–Trinajstić information content (AvgIpc) is 3.09. The molecule has 3 aromatic rings. The molecule has 4 rings (SSSR count). The Kier molecular flexibility index (Phi) is 7.72. The lowest BCUT2D eigenvalue weighted by Crippen LogP contribution is -2.27. The summed E-state index contributed by atoms with van der Waals surface area (Å²) in [7, 11) is 1.40. The van der Waals surface area contributed by atoms with Crippen molar-refractivity contribution in [1.82, 2.24) is 4.90 Å². The number of rotatable bonds is 6. The molecular weight excluding hydrogens is 533 g/mol. The number of halogens is 3. The van der Waals surface area contributed by atoms with Gasteiger partial charge in [0.15, 0.2) is 11.5 Å². The third-order valence-electron chi connectivity index (χ3n) is 4.95. The fourth-order valence-electron chi connectivity index (χ4n) is 3.22. The first kappa shape index (κ1) is 25.1. The lowest BCUT2D eigenvalue weighted by atomic mass is 10.1. The molecule has 6 nitrogen and oxygen atoms in total. The van der Waals surface area contributed by atoms with Crippen LogP contribution in [0.2, 0.25) is 15.1 Å². The van der Waals surface area contributed by atoms with E-state index < -0.39 is 11.9 Å². The molecule has 0 N–H and O–H groups in total. The first-order valence-corrected chi connectivity index (χ1v) is 12.1. The number of carbonyl (C=O) groups excluding carboxylic acids is 3. The van der Waals surface area contributed by atoms with Crippen molar-refractivity contribution in [1.29, 1.82) is 0 Å². The van der Waals surface area contributed by atoms with Crippen LogP contribution in [0.1, 0.15) is 21.5 Å². The van der Waals surface area contributed by atoms with Gasteiger partial charge in [-0.25, -0.2) is 4.79 Å². The fourth-order valence-corrected chi connectivity index (χ4v) is 4.57. The van der Waals surface area contributed by atoms with E-state index in [4.69, 9.17) is 44.3 Å². The SMILES string of the molecule is COc1cc(/C=C2\SC(=O)N(Cc3ccc(Cl)cc3)C2=O)cc(Cl)c1OC(=O)c1ccc(Cl)cc1. The Morgan fingerprint density at radius 1 is 0.971 bits per heavy atom. The third kappa shape index (κ3) is 5.82. The van der Waals surface area contributed by atoms with Crippen molar-refractivity contribution in [2.45, 2.75) is 6.54 Å². The minimum atomic E-state index is -0.641. The fraction of sp³-hybridized carbons (Fsp3) is 0.0800. The zero-order valence-corrected chi connectivity index (χ0v) is 21.2. The molecule has 1 aliphatic rings. The highest BCUT2D eigenvalue weighted by Gasteiger charge is 2.35. The maximum atomic E-state index is 12.9.